The van der Waals surface area contributed by atoms with Crippen molar-refractivity contribution in [3.05, 3.63) is 23.8 Å². The van der Waals surface area contributed by atoms with Crippen molar-refractivity contribution >= 4 is 0 Å². The van der Waals surface area contributed by atoms with Crippen molar-refractivity contribution in [2.24, 2.45) is 0 Å². The number of hydrogen-bond acceptors (Lipinski definition) is 4. The number of piperidine rings is 1. The molecule has 0 amide bonds. The number of nitrogens with one attached hydrogen (secondary N) is 1. The summed E-state index contributed by atoms with van der Waals surface area (Å²) in [7, 11) is 0. The van der Waals surface area contributed by atoms with E-state index in [4.69, 9.17) is 9.47 Å². The Morgan fingerprint density at radius 2 is 1.84 bits per heavy atom. The summed E-state index contributed by atoms with van der Waals surface area (Å²) in [5.41, 5.74) is 0.995. The Kier molecular flexibility index (Phi) is 3.37. The number of benzene rings is 1. The SMILES string of the molecule is CC(O)C1(c2ccc3c(c2)OCCO3)CCNCC1. The lowest BCUT2D eigenvalue weighted by Gasteiger charge is -2.41. The molecule has 4 heteroatoms. The summed E-state index contributed by atoms with van der Waals surface area (Å²) in [6.07, 6.45) is 1.53. The molecule has 0 saturated carbocycles. The zero-order valence-electron chi connectivity index (χ0n) is 11.3. The number of rotatable bonds is 2. The molecule has 0 aliphatic carbocycles. The minimum absolute atomic E-state index is 0.166. The largest absolute Gasteiger partial charge is 0.486 e. The third-order valence-electron chi connectivity index (χ3n) is 4.41. The first-order valence-corrected chi connectivity index (χ1v) is 7.01. The Morgan fingerprint density at radius 3 is 2.53 bits per heavy atom. The maximum atomic E-state index is 10.3. The molecule has 1 atom stereocenters. The predicted molar refractivity (Wildman–Crippen MR) is 72.9 cm³/mol. The first-order valence-electron chi connectivity index (χ1n) is 7.01. The maximum absolute atomic E-state index is 10.3. The summed E-state index contributed by atoms with van der Waals surface area (Å²) < 4.78 is 11.2. The Hall–Kier alpha value is -1.26. The molecule has 3 rings (SSSR count). The zero-order chi connectivity index (χ0) is 13.3. The molecule has 1 unspecified atom stereocenters. The van der Waals surface area contributed by atoms with E-state index in [2.05, 4.69) is 11.4 Å². The number of ether oxygens (including phenoxy) is 2. The predicted octanol–water partition coefficient (Wildman–Crippen LogP) is 1.46. The van der Waals surface area contributed by atoms with Gasteiger partial charge in [-0.05, 0) is 50.6 Å². The number of aliphatic hydroxyl groups excluding tert-OH is 1. The van der Waals surface area contributed by atoms with Crippen LogP contribution in [-0.2, 0) is 5.41 Å². The van der Waals surface area contributed by atoms with E-state index in [0.717, 1.165) is 43.0 Å². The minimum atomic E-state index is -0.364. The number of hydrogen-bond donors (Lipinski definition) is 2. The van der Waals surface area contributed by atoms with Crippen LogP contribution in [0.1, 0.15) is 25.3 Å². The molecule has 104 valence electrons. The molecule has 4 nitrogen and oxygen atoms in total. The van der Waals surface area contributed by atoms with Crippen LogP contribution in [0.5, 0.6) is 11.5 Å². The molecular weight excluding hydrogens is 242 g/mol. The van der Waals surface area contributed by atoms with Gasteiger partial charge in [-0.1, -0.05) is 6.07 Å². The van der Waals surface area contributed by atoms with Crippen LogP contribution in [0.15, 0.2) is 18.2 Å². The standard InChI is InChI=1S/C15H21NO3/c1-11(17)15(4-6-16-7-5-15)12-2-3-13-14(10-12)19-9-8-18-13/h2-3,10-11,16-17H,4-9H2,1H3. The molecule has 1 aromatic carbocycles. The molecule has 0 radical (unpaired) electrons. The highest BCUT2D eigenvalue weighted by molar-refractivity contribution is 5.46. The summed E-state index contributed by atoms with van der Waals surface area (Å²) >= 11 is 0. The average Bonchev–Trinajstić information content (AvgIpc) is 2.47. The van der Waals surface area contributed by atoms with Crippen LogP contribution in [0.25, 0.3) is 0 Å². The average molecular weight is 263 g/mol. The van der Waals surface area contributed by atoms with Gasteiger partial charge in [0.25, 0.3) is 0 Å². The van der Waals surface area contributed by atoms with Gasteiger partial charge in [0.1, 0.15) is 13.2 Å². The van der Waals surface area contributed by atoms with Crippen molar-refractivity contribution in [2.45, 2.75) is 31.3 Å². The summed E-state index contributed by atoms with van der Waals surface area (Å²) in [4.78, 5) is 0. The molecule has 1 aromatic rings. The van der Waals surface area contributed by atoms with E-state index in [1.807, 2.05) is 19.1 Å². The van der Waals surface area contributed by atoms with Gasteiger partial charge in [-0.2, -0.15) is 0 Å². The normalized spacial score (nSPS) is 22.8. The Balaban J connectivity index is 1.98. The van der Waals surface area contributed by atoms with Crippen LogP contribution >= 0.6 is 0 Å². The van der Waals surface area contributed by atoms with Crippen molar-refractivity contribution in [1.29, 1.82) is 0 Å². The Bertz CT molecular complexity index is 453. The van der Waals surface area contributed by atoms with E-state index in [1.165, 1.54) is 0 Å². The molecule has 2 N–H and O–H groups in total. The fraction of sp³-hybridized carbons (Fsp3) is 0.600. The monoisotopic (exact) mass is 263 g/mol. The first-order chi connectivity index (χ1) is 9.22. The van der Waals surface area contributed by atoms with E-state index in [-0.39, 0.29) is 11.5 Å². The zero-order valence-corrected chi connectivity index (χ0v) is 11.3. The molecule has 2 aliphatic rings. The first kappa shape index (κ1) is 12.8. The van der Waals surface area contributed by atoms with Crippen LogP contribution < -0.4 is 14.8 Å². The van der Waals surface area contributed by atoms with Gasteiger partial charge in [0.15, 0.2) is 11.5 Å². The Labute approximate surface area is 113 Å². The minimum Gasteiger partial charge on any atom is -0.486 e. The fourth-order valence-corrected chi connectivity index (χ4v) is 3.17. The lowest BCUT2D eigenvalue weighted by Crippen LogP contribution is -2.46. The molecule has 2 aliphatic heterocycles. The lowest BCUT2D eigenvalue weighted by molar-refractivity contribution is 0.0727. The van der Waals surface area contributed by atoms with E-state index >= 15 is 0 Å². The smallest absolute Gasteiger partial charge is 0.161 e. The van der Waals surface area contributed by atoms with Crippen LogP contribution in [0, 0.1) is 0 Å². The third kappa shape index (κ3) is 2.19. The summed E-state index contributed by atoms with van der Waals surface area (Å²) in [6.45, 7) is 4.98. The van der Waals surface area contributed by atoms with E-state index in [9.17, 15) is 5.11 Å². The summed E-state index contributed by atoms with van der Waals surface area (Å²) in [6, 6.07) is 6.09. The van der Waals surface area contributed by atoms with Gasteiger partial charge in [-0.3, -0.25) is 0 Å². The second kappa shape index (κ2) is 5.02. The van der Waals surface area contributed by atoms with Crippen molar-refractivity contribution < 1.29 is 14.6 Å². The van der Waals surface area contributed by atoms with Gasteiger partial charge in [-0.25, -0.2) is 0 Å². The van der Waals surface area contributed by atoms with Gasteiger partial charge < -0.3 is 19.9 Å². The van der Waals surface area contributed by atoms with Crippen LogP contribution in [0.4, 0.5) is 0 Å². The quantitative estimate of drug-likeness (QED) is 0.848. The van der Waals surface area contributed by atoms with Crippen LogP contribution in [0.3, 0.4) is 0 Å². The summed E-state index contributed by atoms with van der Waals surface area (Å²) in [5.74, 6) is 1.62. The second-order valence-corrected chi connectivity index (χ2v) is 5.44. The molecular formula is C15H21NO3. The van der Waals surface area contributed by atoms with Gasteiger partial charge >= 0.3 is 0 Å². The van der Waals surface area contributed by atoms with E-state index in [0.29, 0.717) is 13.2 Å². The highest BCUT2D eigenvalue weighted by Crippen LogP contribution is 2.41. The fourth-order valence-electron chi connectivity index (χ4n) is 3.17. The van der Waals surface area contributed by atoms with Gasteiger partial charge in [0.2, 0.25) is 0 Å². The summed E-state index contributed by atoms with van der Waals surface area (Å²) in [5, 5.41) is 13.6. The lowest BCUT2D eigenvalue weighted by atomic mass is 9.69. The van der Waals surface area contributed by atoms with E-state index < -0.39 is 0 Å². The molecule has 1 saturated heterocycles. The molecule has 2 heterocycles. The van der Waals surface area contributed by atoms with Gasteiger partial charge in [0, 0.05) is 5.41 Å². The van der Waals surface area contributed by atoms with Gasteiger partial charge in [-0.15, -0.1) is 0 Å². The molecule has 1 fully saturated rings. The maximum Gasteiger partial charge on any atom is 0.161 e. The van der Waals surface area contributed by atoms with E-state index in [1.54, 1.807) is 0 Å². The molecule has 0 aromatic heterocycles. The van der Waals surface area contributed by atoms with Crippen molar-refractivity contribution in [3.63, 3.8) is 0 Å². The molecule has 19 heavy (non-hydrogen) atoms. The van der Waals surface area contributed by atoms with Crippen molar-refractivity contribution in [2.75, 3.05) is 26.3 Å². The topological polar surface area (TPSA) is 50.7 Å². The van der Waals surface area contributed by atoms with Crippen molar-refractivity contribution in [1.82, 2.24) is 5.32 Å². The Morgan fingerprint density at radius 1 is 1.16 bits per heavy atom. The molecule has 0 spiro atoms. The highest BCUT2D eigenvalue weighted by atomic mass is 16.6. The number of aliphatic hydroxyl groups is 1. The third-order valence-corrected chi connectivity index (χ3v) is 4.41. The highest BCUT2D eigenvalue weighted by Gasteiger charge is 2.39. The molecule has 0 bridgehead atoms. The number of fused-ring (bicyclic) bond motifs is 1. The second-order valence-electron chi connectivity index (χ2n) is 5.44. The van der Waals surface area contributed by atoms with Gasteiger partial charge in [0.05, 0.1) is 6.10 Å². The van der Waals surface area contributed by atoms with Crippen LogP contribution in [0.2, 0.25) is 0 Å². The van der Waals surface area contributed by atoms with Crippen molar-refractivity contribution in [3.8, 4) is 11.5 Å². The van der Waals surface area contributed by atoms with Crippen LogP contribution in [-0.4, -0.2) is 37.5 Å².